The maximum Gasteiger partial charge on any atom is 0.143 e. The van der Waals surface area contributed by atoms with Crippen LogP contribution < -0.4 is 0 Å². The molecule has 0 radical (unpaired) electrons. The first-order chi connectivity index (χ1) is 4.86. The van der Waals surface area contributed by atoms with E-state index < -0.39 is 0 Å². The Morgan fingerprint density at radius 2 is 2.30 bits per heavy atom. The summed E-state index contributed by atoms with van der Waals surface area (Å²) in [6.07, 6.45) is 1.86. The second-order valence-corrected chi connectivity index (χ2v) is 3.02. The first-order valence-electron chi connectivity index (χ1n) is 3.02. The molecule has 0 spiro atoms. The van der Waals surface area contributed by atoms with Gasteiger partial charge in [0.05, 0.1) is 5.51 Å². The number of nitrogens with zero attached hydrogens (tertiary/aromatic N) is 2. The van der Waals surface area contributed by atoms with Crippen molar-refractivity contribution in [2.24, 2.45) is 0 Å². The minimum Gasteiger partial charge on any atom is -0.243 e. The van der Waals surface area contributed by atoms with Crippen LogP contribution in [0.2, 0.25) is 0 Å². The molecule has 0 bridgehead atoms. The predicted molar refractivity (Wildman–Crippen MR) is 42.2 cm³/mol. The van der Waals surface area contributed by atoms with Crippen molar-refractivity contribution in [1.29, 1.82) is 0 Å². The molecule has 0 atom stereocenters. The fourth-order valence-corrected chi connectivity index (χ4v) is 1.47. The van der Waals surface area contributed by atoms with Crippen molar-refractivity contribution in [3.05, 3.63) is 23.3 Å². The molecule has 2 heterocycles. The molecule has 50 valence electrons. The highest BCUT2D eigenvalue weighted by Crippen LogP contribution is 2.14. The Balaban J connectivity index is 2.86. The number of aryl methyl sites for hydroxylation is 1. The van der Waals surface area contributed by atoms with Crippen LogP contribution in [0.5, 0.6) is 0 Å². The van der Waals surface area contributed by atoms with Gasteiger partial charge in [0.1, 0.15) is 10.3 Å². The van der Waals surface area contributed by atoms with Crippen LogP contribution in [-0.2, 0) is 0 Å². The van der Waals surface area contributed by atoms with Gasteiger partial charge in [0.2, 0.25) is 0 Å². The monoisotopic (exact) mass is 150 g/mol. The lowest BCUT2D eigenvalue weighted by molar-refractivity contribution is 1.33. The van der Waals surface area contributed by atoms with Gasteiger partial charge in [0.15, 0.2) is 0 Å². The summed E-state index contributed by atoms with van der Waals surface area (Å²) in [5.41, 5.74) is 3.99. The Labute approximate surface area is 62.6 Å². The van der Waals surface area contributed by atoms with Crippen LogP contribution in [0.15, 0.2) is 17.8 Å². The SMILES string of the molecule is Cc1cnc2scnc2c1. The molecule has 2 nitrogen and oxygen atoms in total. The first-order valence-corrected chi connectivity index (χ1v) is 3.90. The highest BCUT2D eigenvalue weighted by atomic mass is 32.1. The fourth-order valence-electron chi connectivity index (χ4n) is 0.858. The van der Waals surface area contributed by atoms with Crippen molar-refractivity contribution in [3.8, 4) is 0 Å². The van der Waals surface area contributed by atoms with Gasteiger partial charge >= 0.3 is 0 Å². The summed E-state index contributed by atoms with van der Waals surface area (Å²) in [5, 5.41) is 0. The van der Waals surface area contributed by atoms with Crippen molar-refractivity contribution in [2.75, 3.05) is 0 Å². The van der Waals surface area contributed by atoms with Crippen LogP contribution in [0.3, 0.4) is 0 Å². The molecule has 0 aliphatic heterocycles. The van der Waals surface area contributed by atoms with Crippen molar-refractivity contribution in [2.45, 2.75) is 6.92 Å². The average Bonchev–Trinajstić information content (AvgIpc) is 2.33. The summed E-state index contributed by atoms with van der Waals surface area (Å²) in [5.74, 6) is 0. The minimum atomic E-state index is 1.00. The number of rotatable bonds is 0. The van der Waals surface area contributed by atoms with Crippen molar-refractivity contribution >= 4 is 21.7 Å². The number of thiazole rings is 1. The molecule has 0 N–H and O–H groups in total. The quantitative estimate of drug-likeness (QED) is 0.574. The van der Waals surface area contributed by atoms with Crippen LogP contribution in [-0.4, -0.2) is 9.97 Å². The summed E-state index contributed by atoms with van der Waals surface area (Å²) in [6.45, 7) is 2.02. The molecule has 0 aliphatic rings. The molecule has 0 unspecified atom stereocenters. The second-order valence-electron chi connectivity index (χ2n) is 2.19. The van der Waals surface area contributed by atoms with E-state index in [1.165, 1.54) is 5.56 Å². The van der Waals surface area contributed by atoms with Gasteiger partial charge in [-0.1, -0.05) is 0 Å². The van der Waals surface area contributed by atoms with Crippen molar-refractivity contribution in [1.82, 2.24) is 9.97 Å². The van der Waals surface area contributed by atoms with Gasteiger partial charge in [-0.3, -0.25) is 0 Å². The van der Waals surface area contributed by atoms with Crippen LogP contribution in [0.1, 0.15) is 5.56 Å². The predicted octanol–water partition coefficient (Wildman–Crippen LogP) is 2.00. The largest absolute Gasteiger partial charge is 0.243 e. The van der Waals surface area contributed by atoms with Crippen LogP contribution in [0.4, 0.5) is 0 Å². The third-order valence-corrected chi connectivity index (χ3v) is 2.07. The Kier molecular flexibility index (Phi) is 1.17. The number of fused-ring (bicyclic) bond motifs is 1. The van der Waals surface area contributed by atoms with E-state index in [4.69, 9.17) is 0 Å². The van der Waals surface area contributed by atoms with E-state index in [0.717, 1.165) is 10.3 Å². The average molecular weight is 150 g/mol. The van der Waals surface area contributed by atoms with Gasteiger partial charge in [0, 0.05) is 6.20 Å². The molecular weight excluding hydrogens is 144 g/mol. The lowest BCUT2D eigenvalue weighted by Crippen LogP contribution is -1.75. The zero-order valence-corrected chi connectivity index (χ0v) is 6.35. The molecule has 3 heteroatoms. The molecule has 10 heavy (non-hydrogen) atoms. The third-order valence-electron chi connectivity index (χ3n) is 1.33. The third kappa shape index (κ3) is 0.789. The van der Waals surface area contributed by atoms with E-state index in [9.17, 15) is 0 Å². The molecule has 0 amide bonds. The number of aromatic nitrogens is 2. The molecule has 2 aromatic rings. The summed E-state index contributed by atoms with van der Waals surface area (Å²) in [7, 11) is 0. The topological polar surface area (TPSA) is 25.8 Å². The highest BCUT2D eigenvalue weighted by molar-refractivity contribution is 7.16. The number of hydrogen-bond donors (Lipinski definition) is 0. The van der Waals surface area contributed by atoms with E-state index in [2.05, 4.69) is 9.97 Å². The van der Waals surface area contributed by atoms with Crippen LogP contribution >= 0.6 is 11.3 Å². The molecular formula is C7H6N2S. The maximum atomic E-state index is 4.20. The Bertz CT molecular complexity index is 353. The summed E-state index contributed by atoms with van der Waals surface area (Å²) in [4.78, 5) is 9.35. The minimum absolute atomic E-state index is 1.00. The number of pyridine rings is 1. The zero-order valence-electron chi connectivity index (χ0n) is 5.53. The maximum absolute atomic E-state index is 4.20. The van der Waals surface area contributed by atoms with E-state index in [1.807, 2.05) is 24.7 Å². The van der Waals surface area contributed by atoms with E-state index >= 15 is 0 Å². The summed E-state index contributed by atoms with van der Waals surface area (Å²) >= 11 is 1.57. The van der Waals surface area contributed by atoms with Gasteiger partial charge < -0.3 is 0 Å². The van der Waals surface area contributed by atoms with Gasteiger partial charge in [-0.15, -0.1) is 11.3 Å². The van der Waals surface area contributed by atoms with E-state index in [1.54, 1.807) is 11.3 Å². The van der Waals surface area contributed by atoms with Gasteiger partial charge in [-0.2, -0.15) is 0 Å². The van der Waals surface area contributed by atoms with Crippen molar-refractivity contribution in [3.63, 3.8) is 0 Å². The van der Waals surface area contributed by atoms with Gasteiger partial charge in [-0.25, -0.2) is 9.97 Å². The molecule has 0 fully saturated rings. The molecule has 0 aliphatic carbocycles. The standard InChI is InChI=1S/C7H6N2S/c1-5-2-6-7(8-3-5)10-4-9-6/h2-4H,1H3. The highest BCUT2D eigenvalue weighted by Gasteiger charge is 1.95. The Morgan fingerprint density at radius 3 is 3.20 bits per heavy atom. The Morgan fingerprint density at radius 1 is 1.40 bits per heavy atom. The number of hydrogen-bond acceptors (Lipinski definition) is 3. The smallest absolute Gasteiger partial charge is 0.143 e. The molecule has 2 rings (SSSR count). The Hall–Kier alpha value is -0.960. The van der Waals surface area contributed by atoms with Crippen LogP contribution in [0, 0.1) is 6.92 Å². The lowest BCUT2D eigenvalue weighted by Gasteiger charge is -1.87. The molecule has 2 aromatic heterocycles. The second kappa shape index (κ2) is 2.02. The van der Waals surface area contributed by atoms with Crippen molar-refractivity contribution < 1.29 is 0 Å². The van der Waals surface area contributed by atoms with E-state index in [0.29, 0.717) is 0 Å². The molecule has 0 saturated carbocycles. The molecule has 0 saturated heterocycles. The first kappa shape index (κ1) is 5.80. The fraction of sp³-hybridized carbons (Fsp3) is 0.143. The van der Waals surface area contributed by atoms with Gasteiger partial charge in [-0.05, 0) is 18.6 Å². The molecule has 0 aromatic carbocycles. The van der Waals surface area contributed by atoms with E-state index in [-0.39, 0.29) is 0 Å². The van der Waals surface area contributed by atoms with Crippen LogP contribution in [0.25, 0.3) is 10.3 Å². The lowest BCUT2D eigenvalue weighted by atomic mass is 10.3. The van der Waals surface area contributed by atoms with Gasteiger partial charge in [0.25, 0.3) is 0 Å². The zero-order chi connectivity index (χ0) is 6.97. The summed E-state index contributed by atoms with van der Waals surface area (Å²) in [6, 6.07) is 2.04. The summed E-state index contributed by atoms with van der Waals surface area (Å²) < 4.78 is 0. The normalized spacial score (nSPS) is 10.5.